The number of aromatic nitrogens is 4. The maximum atomic E-state index is 11.4. The molecule has 0 saturated heterocycles. The third-order valence-electron chi connectivity index (χ3n) is 3.32. The number of ether oxygens (including phenoxy) is 1. The highest BCUT2D eigenvalue weighted by Crippen LogP contribution is 2.18. The summed E-state index contributed by atoms with van der Waals surface area (Å²) >= 11 is 0. The van der Waals surface area contributed by atoms with Crippen LogP contribution in [-0.4, -0.2) is 33.2 Å². The average Bonchev–Trinajstić information content (AvgIpc) is 2.62. The van der Waals surface area contributed by atoms with Gasteiger partial charge in [0.05, 0.1) is 18.9 Å². The van der Waals surface area contributed by atoms with Gasteiger partial charge in [-0.3, -0.25) is 4.98 Å². The first kappa shape index (κ1) is 14.8. The topological polar surface area (TPSA) is 77.9 Å². The lowest BCUT2D eigenvalue weighted by Crippen LogP contribution is -2.02. The maximum Gasteiger partial charge on any atom is 0.339 e. The Morgan fingerprint density at radius 3 is 2.26 bits per heavy atom. The molecule has 0 amide bonds. The van der Waals surface area contributed by atoms with Crippen molar-refractivity contribution in [3.8, 4) is 22.8 Å². The minimum absolute atomic E-state index is 0.375. The van der Waals surface area contributed by atoms with Crippen LogP contribution in [0.3, 0.4) is 0 Å². The predicted octanol–water partition coefficient (Wildman–Crippen LogP) is 2.70. The van der Waals surface area contributed by atoms with Crippen LogP contribution in [0.1, 0.15) is 15.9 Å². The van der Waals surface area contributed by atoms with Gasteiger partial charge >= 0.3 is 5.97 Å². The fourth-order valence-corrected chi connectivity index (χ4v) is 2.01. The second-order valence-electron chi connectivity index (χ2n) is 4.96. The van der Waals surface area contributed by atoms with Crippen molar-refractivity contribution in [3.63, 3.8) is 0 Å². The second-order valence-corrected chi connectivity index (χ2v) is 4.96. The Bertz CT molecular complexity index is 813. The lowest BCUT2D eigenvalue weighted by molar-refractivity contribution is 0.0600. The number of pyridine rings is 1. The van der Waals surface area contributed by atoms with Crippen molar-refractivity contribution < 1.29 is 9.53 Å². The molecule has 0 spiro atoms. The molecule has 0 N–H and O–H groups in total. The smallest absolute Gasteiger partial charge is 0.339 e. The summed E-state index contributed by atoms with van der Waals surface area (Å²) in [6, 6.07) is 11.3. The molecule has 6 heteroatoms. The summed E-state index contributed by atoms with van der Waals surface area (Å²) in [5.74, 6) is -0.0323. The van der Waals surface area contributed by atoms with E-state index in [-0.39, 0.29) is 0 Å². The van der Waals surface area contributed by atoms with E-state index < -0.39 is 5.97 Å². The Kier molecular flexibility index (Phi) is 4.05. The Morgan fingerprint density at radius 2 is 1.70 bits per heavy atom. The van der Waals surface area contributed by atoms with E-state index in [9.17, 15) is 4.79 Å². The lowest BCUT2D eigenvalue weighted by atomic mass is 10.1. The van der Waals surface area contributed by atoms with E-state index in [4.69, 9.17) is 0 Å². The van der Waals surface area contributed by atoms with Crippen LogP contribution < -0.4 is 0 Å². The average molecular weight is 306 g/mol. The highest BCUT2D eigenvalue weighted by atomic mass is 16.5. The van der Waals surface area contributed by atoms with E-state index >= 15 is 0 Å². The highest BCUT2D eigenvalue weighted by Gasteiger charge is 2.09. The number of aryl methyl sites for hydroxylation is 1. The zero-order chi connectivity index (χ0) is 16.2. The number of carbonyl (C=O) groups excluding carboxylic acids is 1. The number of benzene rings is 1. The van der Waals surface area contributed by atoms with Crippen LogP contribution in [0.4, 0.5) is 0 Å². The Morgan fingerprint density at radius 1 is 0.913 bits per heavy atom. The van der Waals surface area contributed by atoms with E-state index in [0.717, 1.165) is 5.56 Å². The monoisotopic (exact) mass is 306 g/mol. The minimum Gasteiger partial charge on any atom is -0.465 e. The van der Waals surface area contributed by atoms with Gasteiger partial charge in [-0.25, -0.2) is 9.78 Å². The first-order valence-corrected chi connectivity index (χ1v) is 6.99. The van der Waals surface area contributed by atoms with Gasteiger partial charge in [0.25, 0.3) is 0 Å². The number of carbonyl (C=O) groups is 1. The molecular weight excluding hydrogens is 292 g/mol. The van der Waals surface area contributed by atoms with Gasteiger partial charge in [0.15, 0.2) is 5.82 Å². The molecule has 3 aromatic rings. The molecule has 0 bridgehead atoms. The molecule has 2 heterocycles. The number of hydrogen-bond donors (Lipinski definition) is 0. The van der Waals surface area contributed by atoms with E-state index in [1.54, 1.807) is 18.3 Å². The lowest BCUT2D eigenvalue weighted by Gasteiger charge is -2.03. The zero-order valence-corrected chi connectivity index (χ0v) is 12.7. The molecule has 0 fully saturated rings. The van der Waals surface area contributed by atoms with Crippen molar-refractivity contribution in [3.05, 3.63) is 59.9 Å². The number of esters is 1. The zero-order valence-electron chi connectivity index (χ0n) is 12.7. The van der Waals surface area contributed by atoms with Crippen LogP contribution in [0, 0.1) is 6.92 Å². The van der Waals surface area contributed by atoms with Crippen molar-refractivity contribution in [1.29, 1.82) is 0 Å². The molecule has 0 atom stereocenters. The molecule has 0 aliphatic heterocycles. The summed E-state index contributed by atoms with van der Waals surface area (Å²) < 4.78 is 4.63. The van der Waals surface area contributed by atoms with Gasteiger partial charge < -0.3 is 4.74 Å². The van der Waals surface area contributed by atoms with Gasteiger partial charge in [0, 0.05) is 11.8 Å². The highest BCUT2D eigenvalue weighted by molar-refractivity contribution is 5.89. The van der Waals surface area contributed by atoms with Gasteiger partial charge in [-0.1, -0.05) is 29.8 Å². The fraction of sp³-hybridized carbons (Fsp3) is 0.118. The van der Waals surface area contributed by atoms with Gasteiger partial charge in [-0.15, -0.1) is 10.2 Å². The molecule has 0 aliphatic carbocycles. The van der Waals surface area contributed by atoms with Crippen LogP contribution in [0.15, 0.2) is 48.8 Å². The summed E-state index contributed by atoms with van der Waals surface area (Å²) in [4.78, 5) is 19.8. The summed E-state index contributed by atoms with van der Waals surface area (Å²) in [6.07, 6.45) is 3.08. The number of nitrogens with zero attached hydrogens (tertiary/aromatic N) is 4. The molecule has 0 aliphatic rings. The van der Waals surface area contributed by atoms with Crippen molar-refractivity contribution in [2.24, 2.45) is 0 Å². The standard InChI is InChI=1S/C17H14N4O2/c1-11-3-5-12(6-4-11)15-10-19-16(21-20-15)14-8-7-13(9-18-14)17(22)23-2/h3-10H,1-2H3. The number of rotatable bonds is 3. The third kappa shape index (κ3) is 3.21. The number of methoxy groups -OCH3 is 1. The van der Waals surface area contributed by atoms with E-state index in [1.807, 2.05) is 31.2 Å². The van der Waals surface area contributed by atoms with Crippen LogP contribution in [0.2, 0.25) is 0 Å². The molecule has 0 radical (unpaired) electrons. The predicted molar refractivity (Wildman–Crippen MR) is 84.6 cm³/mol. The third-order valence-corrected chi connectivity index (χ3v) is 3.32. The molecule has 0 unspecified atom stereocenters. The summed E-state index contributed by atoms with van der Waals surface area (Å²) in [6.45, 7) is 2.03. The Balaban J connectivity index is 1.84. The van der Waals surface area contributed by atoms with Crippen LogP contribution >= 0.6 is 0 Å². The van der Waals surface area contributed by atoms with Gasteiger partial charge in [-0.05, 0) is 19.1 Å². The Hall–Kier alpha value is -3.15. The molecule has 6 nitrogen and oxygen atoms in total. The van der Waals surface area contributed by atoms with Crippen molar-refractivity contribution in [2.45, 2.75) is 6.92 Å². The SMILES string of the molecule is COC(=O)c1ccc(-c2ncc(-c3ccc(C)cc3)nn2)nc1. The number of hydrogen-bond acceptors (Lipinski definition) is 6. The quantitative estimate of drug-likeness (QED) is 0.692. The van der Waals surface area contributed by atoms with Crippen LogP contribution in [0.5, 0.6) is 0 Å². The largest absolute Gasteiger partial charge is 0.465 e. The van der Waals surface area contributed by atoms with E-state index in [1.165, 1.54) is 18.9 Å². The molecule has 114 valence electrons. The van der Waals surface area contributed by atoms with Crippen molar-refractivity contribution >= 4 is 5.97 Å². The normalized spacial score (nSPS) is 10.3. The van der Waals surface area contributed by atoms with Crippen molar-refractivity contribution in [2.75, 3.05) is 7.11 Å². The fourth-order valence-electron chi connectivity index (χ4n) is 2.01. The van der Waals surface area contributed by atoms with Crippen molar-refractivity contribution in [1.82, 2.24) is 20.2 Å². The van der Waals surface area contributed by atoms with Gasteiger partial charge in [0.1, 0.15) is 11.4 Å². The van der Waals surface area contributed by atoms with Crippen LogP contribution in [-0.2, 0) is 4.74 Å². The first-order chi connectivity index (χ1) is 11.2. The molecule has 3 rings (SSSR count). The minimum atomic E-state index is -0.433. The Labute approximate surface area is 133 Å². The van der Waals surface area contributed by atoms with E-state index in [2.05, 4.69) is 24.9 Å². The molecule has 2 aromatic heterocycles. The first-order valence-electron chi connectivity index (χ1n) is 6.99. The summed E-state index contributed by atoms with van der Waals surface area (Å²) in [5.41, 5.74) is 3.75. The maximum absolute atomic E-state index is 11.4. The summed E-state index contributed by atoms with van der Waals surface area (Å²) in [5, 5.41) is 8.29. The molecule has 1 aromatic carbocycles. The molecule has 23 heavy (non-hydrogen) atoms. The second kappa shape index (κ2) is 6.31. The van der Waals surface area contributed by atoms with Gasteiger partial charge in [-0.2, -0.15) is 0 Å². The van der Waals surface area contributed by atoms with Gasteiger partial charge in [0.2, 0.25) is 0 Å². The summed E-state index contributed by atoms with van der Waals surface area (Å²) in [7, 11) is 1.33. The van der Waals surface area contributed by atoms with Crippen LogP contribution in [0.25, 0.3) is 22.8 Å². The molecular formula is C17H14N4O2. The van der Waals surface area contributed by atoms with E-state index in [0.29, 0.717) is 22.8 Å². The molecule has 0 saturated carbocycles.